The number of nitrogens with zero attached hydrogens (tertiary/aromatic N) is 1. The maximum atomic E-state index is 14.0. The quantitative estimate of drug-likeness (QED) is 0.729. The second-order valence-corrected chi connectivity index (χ2v) is 7.47. The maximum Gasteiger partial charge on any atom is 0.237 e. The average molecular weight is 418 g/mol. The van der Waals surface area contributed by atoms with E-state index in [1.54, 1.807) is 25.2 Å². The van der Waals surface area contributed by atoms with E-state index in [1.165, 1.54) is 24.1 Å². The van der Waals surface area contributed by atoms with Crippen molar-refractivity contribution < 1.29 is 27.8 Å². The summed E-state index contributed by atoms with van der Waals surface area (Å²) in [7, 11) is 3.12. The number of benzene rings is 2. The SMILES string of the molecule is COc1ccc(C2CN(C)C(=O)C2C(=O)Nc2cccc(F)c2F)cc1OC(C)C. The number of carbonyl (C=O) groups is 2. The maximum absolute atomic E-state index is 14.0. The molecule has 1 fully saturated rings. The van der Waals surface area contributed by atoms with Crippen molar-refractivity contribution in [1.82, 2.24) is 4.90 Å². The van der Waals surface area contributed by atoms with Gasteiger partial charge in [-0.05, 0) is 43.7 Å². The zero-order valence-corrected chi connectivity index (χ0v) is 17.2. The lowest BCUT2D eigenvalue weighted by atomic mass is 9.87. The molecule has 1 aliphatic heterocycles. The van der Waals surface area contributed by atoms with Crippen LogP contribution in [0.15, 0.2) is 36.4 Å². The molecule has 2 amide bonds. The lowest BCUT2D eigenvalue weighted by Gasteiger charge is -2.20. The van der Waals surface area contributed by atoms with Crippen molar-refractivity contribution in [3.05, 3.63) is 53.6 Å². The smallest absolute Gasteiger partial charge is 0.237 e. The molecule has 1 aliphatic rings. The number of carbonyl (C=O) groups excluding carboxylic acids is 2. The van der Waals surface area contributed by atoms with E-state index >= 15 is 0 Å². The Morgan fingerprint density at radius 3 is 2.60 bits per heavy atom. The predicted molar refractivity (Wildman–Crippen MR) is 108 cm³/mol. The highest BCUT2D eigenvalue weighted by molar-refractivity contribution is 6.08. The van der Waals surface area contributed by atoms with Gasteiger partial charge in [-0.15, -0.1) is 0 Å². The molecule has 1 N–H and O–H groups in total. The highest BCUT2D eigenvalue weighted by Gasteiger charge is 2.44. The molecule has 2 atom stereocenters. The summed E-state index contributed by atoms with van der Waals surface area (Å²) in [6, 6.07) is 8.72. The van der Waals surface area contributed by atoms with Crippen LogP contribution in [0.1, 0.15) is 25.3 Å². The number of hydrogen-bond donors (Lipinski definition) is 1. The van der Waals surface area contributed by atoms with Crippen LogP contribution in [0.3, 0.4) is 0 Å². The number of likely N-dealkylation sites (tertiary alicyclic amines) is 1. The number of anilines is 1. The first-order valence-electron chi connectivity index (χ1n) is 9.57. The van der Waals surface area contributed by atoms with Crippen LogP contribution in [0.2, 0.25) is 0 Å². The number of nitrogens with one attached hydrogen (secondary N) is 1. The largest absolute Gasteiger partial charge is 0.493 e. The minimum Gasteiger partial charge on any atom is -0.493 e. The lowest BCUT2D eigenvalue weighted by molar-refractivity contribution is -0.135. The summed E-state index contributed by atoms with van der Waals surface area (Å²) < 4.78 is 38.6. The molecule has 0 spiro atoms. The molecule has 0 aromatic heterocycles. The Morgan fingerprint density at radius 2 is 1.93 bits per heavy atom. The van der Waals surface area contributed by atoms with Gasteiger partial charge in [0.05, 0.1) is 18.9 Å². The second kappa shape index (κ2) is 8.69. The topological polar surface area (TPSA) is 67.9 Å². The molecule has 6 nitrogen and oxygen atoms in total. The summed E-state index contributed by atoms with van der Waals surface area (Å²) in [4.78, 5) is 27.0. The predicted octanol–water partition coefficient (Wildman–Crippen LogP) is 3.57. The molecule has 8 heteroatoms. The van der Waals surface area contributed by atoms with Crippen LogP contribution in [-0.2, 0) is 9.59 Å². The molecule has 2 unspecified atom stereocenters. The first kappa shape index (κ1) is 21.5. The van der Waals surface area contributed by atoms with E-state index < -0.39 is 35.3 Å². The number of amides is 2. The van der Waals surface area contributed by atoms with E-state index in [9.17, 15) is 18.4 Å². The molecule has 30 heavy (non-hydrogen) atoms. The Labute approximate surface area is 173 Å². The summed E-state index contributed by atoms with van der Waals surface area (Å²) in [5.41, 5.74) is 0.406. The normalized spacial score (nSPS) is 18.6. The Kier molecular flexibility index (Phi) is 6.24. The molecular formula is C22H24F2N2O4. The van der Waals surface area contributed by atoms with E-state index in [0.29, 0.717) is 23.6 Å². The minimum atomic E-state index is -1.17. The molecule has 1 saturated heterocycles. The number of rotatable bonds is 6. The van der Waals surface area contributed by atoms with Crippen molar-refractivity contribution >= 4 is 17.5 Å². The van der Waals surface area contributed by atoms with Crippen LogP contribution < -0.4 is 14.8 Å². The van der Waals surface area contributed by atoms with Crippen molar-refractivity contribution in [2.45, 2.75) is 25.9 Å². The number of ether oxygens (including phenoxy) is 2. The first-order chi connectivity index (χ1) is 14.2. The van der Waals surface area contributed by atoms with Crippen molar-refractivity contribution in [3.63, 3.8) is 0 Å². The third kappa shape index (κ3) is 4.22. The van der Waals surface area contributed by atoms with Crippen molar-refractivity contribution in [1.29, 1.82) is 0 Å². The summed E-state index contributed by atoms with van der Waals surface area (Å²) >= 11 is 0. The molecule has 3 rings (SSSR count). The zero-order chi connectivity index (χ0) is 22.0. The van der Waals surface area contributed by atoms with Crippen LogP contribution in [0.4, 0.5) is 14.5 Å². The highest BCUT2D eigenvalue weighted by atomic mass is 19.2. The molecule has 0 bridgehead atoms. The van der Waals surface area contributed by atoms with E-state index in [1.807, 2.05) is 13.8 Å². The van der Waals surface area contributed by atoms with Gasteiger partial charge in [0.1, 0.15) is 5.92 Å². The van der Waals surface area contributed by atoms with Gasteiger partial charge in [0.25, 0.3) is 0 Å². The molecule has 2 aromatic rings. The van der Waals surface area contributed by atoms with Crippen LogP contribution in [0, 0.1) is 17.6 Å². The van der Waals surface area contributed by atoms with E-state index in [2.05, 4.69) is 5.32 Å². The number of halogens is 2. The second-order valence-electron chi connectivity index (χ2n) is 7.47. The highest BCUT2D eigenvalue weighted by Crippen LogP contribution is 2.38. The minimum absolute atomic E-state index is 0.0999. The van der Waals surface area contributed by atoms with Crippen molar-refractivity contribution in [2.24, 2.45) is 5.92 Å². The lowest BCUT2D eigenvalue weighted by Crippen LogP contribution is -2.33. The van der Waals surface area contributed by atoms with E-state index in [4.69, 9.17) is 9.47 Å². The fourth-order valence-corrected chi connectivity index (χ4v) is 3.57. The van der Waals surface area contributed by atoms with Gasteiger partial charge in [0.15, 0.2) is 23.1 Å². The summed E-state index contributed by atoms with van der Waals surface area (Å²) in [6.07, 6.45) is -0.0999. The molecule has 0 saturated carbocycles. The average Bonchev–Trinajstić information content (AvgIpc) is 2.99. The number of likely N-dealkylation sites (N-methyl/N-ethyl adjacent to an activating group) is 1. The third-order valence-electron chi connectivity index (χ3n) is 4.99. The van der Waals surface area contributed by atoms with Gasteiger partial charge in [-0.1, -0.05) is 12.1 Å². The summed E-state index contributed by atoms with van der Waals surface area (Å²) in [5.74, 6) is -3.87. The fourth-order valence-electron chi connectivity index (χ4n) is 3.57. The van der Waals surface area contributed by atoms with Gasteiger partial charge in [-0.3, -0.25) is 9.59 Å². The summed E-state index contributed by atoms with van der Waals surface area (Å²) in [5, 5.41) is 2.36. The Morgan fingerprint density at radius 1 is 1.20 bits per heavy atom. The molecule has 2 aromatic carbocycles. The zero-order valence-electron chi connectivity index (χ0n) is 17.2. The summed E-state index contributed by atoms with van der Waals surface area (Å²) in [6.45, 7) is 4.06. The van der Waals surface area contributed by atoms with Crippen molar-refractivity contribution in [3.8, 4) is 11.5 Å². The molecule has 0 radical (unpaired) electrons. The number of methoxy groups -OCH3 is 1. The Hall–Kier alpha value is -3.16. The molecule has 1 heterocycles. The van der Waals surface area contributed by atoms with Crippen LogP contribution in [0.5, 0.6) is 11.5 Å². The third-order valence-corrected chi connectivity index (χ3v) is 4.99. The molecule has 0 aliphatic carbocycles. The van der Waals surface area contributed by atoms with Gasteiger partial charge in [-0.25, -0.2) is 8.78 Å². The number of hydrogen-bond acceptors (Lipinski definition) is 4. The van der Waals surface area contributed by atoms with Gasteiger partial charge < -0.3 is 19.7 Å². The van der Waals surface area contributed by atoms with Crippen LogP contribution in [0.25, 0.3) is 0 Å². The van der Waals surface area contributed by atoms with E-state index in [0.717, 1.165) is 6.07 Å². The Balaban J connectivity index is 1.93. The molecule has 160 valence electrons. The van der Waals surface area contributed by atoms with E-state index in [-0.39, 0.29) is 11.8 Å². The first-order valence-corrected chi connectivity index (χ1v) is 9.57. The van der Waals surface area contributed by atoms with Gasteiger partial charge >= 0.3 is 0 Å². The van der Waals surface area contributed by atoms with Gasteiger partial charge in [0, 0.05) is 19.5 Å². The van der Waals surface area contributed by atoms with Gasteiger partial charge in [0.2, 0.25) is 11.8 Å². The van der Waals surface area contributed by atoms with Crippen molar-refractivity contribution in [2.75, 3.05) is 26.0 Å². The standard InChI is InChI=1S/C22H24F2N2O4/c1-12(2)30-18-10-13(8-9-17(18)29-4)14-11-26(3)22(28)19(14)21(27)25-16-7-5-6-15(23)20(16)24/h5-10,12,14,19H,11H2,1-4H3,(H,25,27). The fraction of sp³-hybridized carbons (Fsp3) is 0.364. The van der Waals surface area contributed by atoms with Crippen LogP contribution in [-0.4, -0.2) is 43.5 Å². The van der Waals surface area contributed by atoms with Gasteiger partial charge in [-0.2, -0.15) is 0 Å². The Bertz CT molecular complexity index is 964. The monoisotopic (exact) mass is 418 g/mol. The molecular weight excluding hydrogens is 394 g/mol. The van der Waals surface area contributed by atoms with Crippen LogP contribution >= 0.6 is 0 Å².